The third kappa shape index (κ3) is 4.38. The van der Waals surface area contributed by atoms with Gasteiger partial charge in [0.05, 0.1) is 36.7 Å². The van der Waals surface area contributed by atoms with Crippen molar-refractivity contribution in [3.8, 4) is 34.1 Å². The summed E-state index contributed by atoms with van der Waals surface area (Å²) in [5.41, 5.74) is 5.01. The van der Waals surface area contributed by atoms with E-state index in [9.17, 15) is 4.79 Å². The zero-order valence-electron chi connectivity index (χ0n) is 19.0. The molecule has 34 heavy (non-hydrogen) atoms. The number of pyridine rings is 1. The maximum absolute atomic E-state index is 12.8. The molecule has 0 radical (unpaired) electrons. The van der Waals surface area contributed by atoms with Gasteiger partial charge in [-0.05, 0) is 29.8 Å². The second-order valence-corrected chi connectivity index (χ2v) is 8.05. The number of rotatable bonds is 6. The monoisotopic (exact) mass is 456 g/mol. The van der Waals surface area contributed by atoms with E-state index < -0.39 is 0 Å². The van der Waals surface area contributed by atoms with E-state index >= 15 is 0 Å². The fourth-order valence-corrected chi connectivity index (χ4v) is 4.12. The molecule has 1 aromatic carbocycles. The SMILES string of the molecule is COc1ccc(-c2ccc(CN3CCc4nc(-c5cncnc5)[nH]c(=O)c4C3)cn2)cc1OC. The second-order valence-electron chi connectivity index (χ2n) is 8.05. The quantitative estimate of drug-likeness (QED) is 0.472. The fourth-order valence-electron chi connectivity index (χ4n) is 4.12. The second kappa shape index (κ2) is 9.40. The molecule has 0 amide bonds. The van der Waals surface area contributed by atoms with Gasteiger partial charge in [-0.3, -0.25) is 14.7 Å². The van der Waals surface area contributed by atoms with Crippen molar-refractivity contribution in [2.24, 2.45) is 0 Å². The number of nitrogens with zero attached hydrogens (tertiary/aromatic N) is 5. The summed E-state index contributed by atoms with van der Waals surface area (Å²) in [5, 5.41) is 0. The van der Waals surface area contributed by atoms with Crippen LogP contribution in [0.15, 0.2) is 60.0 Å². The molecule has 0 atom stereocenters. The molecule has 1 aliphatic rings. The molecule has 0 fully saturated rings. The molecule has 3 aromatic heterocycles. The first kappa shape index (κ1) is 21.7. The Morgan fingerprint density at radius 3 is 2.56 bits per heavy atom. The van der Waals surface area contributed by atoms with Crippen molar-refractivity contribution in [1.82, 2.24) is 29.8 Å². The summed E-state index contributed by atoms with van der Waals surface area (Å²) in [5.74, 6) is 1.86. The Balaban J connectivity index is 1.30. The van der Waals surface area contributed by atoms with Crippen molar-refractivity contribution in [3.05, 3.63) is 82.4 Å². The van der Waals surface area contributed by atoms with Gasteiger partial charge in [-0.2, -0.15) is 0 Å². The van der Waals surface area contributed by atoms with E-state index in [1.54, 1.807) is 26.6 Å². The van der Waals surface area contributed by atoms with Gasteiger partial charge in [0, 0.05) is 50.2 Å². The van der Waals surface area contributed by atoms with Gasteiger partial charge < -0.3 is 14.5 Å². The van der Waals surface area contributed by atoms with Gasteiger partial charge >= 0.3 is 0 Å². The molecule has 5 rings (SSSR count). The molecular formula is C25H24N6O3. The third-order valence-corrected chi connectivity index (χ3v) is 5.89. The van der Waals surface area contributed by atoms with Gasteiger partial charge in [-0.25, -0.2) is 15.0 Å². The summed E-state index contributed by atoms with van der Waals surface area (Å²) in [6.07, 6.45) is 7.32. The van der Waals surface area contributed by atoms with Crippen LogP contribution < -0.4 is 15.0 Å². The number of hydrogen-bond donors (Lipinski definition) is 1. The predicted molar refractivity (Wildman–Crippen MR) is 126 cm³/mol. The predicted octanol–water partition coefficient (Wildman–Crippen LogP) is 2.86. The molecule has 4 heterocycles. The summed E-state index contributed by atoms with van der Waals surface area (Å²) >= 11 is 0. The molecule has 9 nitrogen and oxygen atoms in total. The molecule has 0 aliphatic carbocycles. The van der Waals surface area contributed by atoms with E-state index in [0.29, 0.717) is 48.0 Å². The molecule has 0 saturated heterocycles. The standard InChI is InChI=1S/C25H24N6O3/c1-33-22-6-4-17(9-23(22)34-2)20-5-3-16(10-28-20)13-31-8-7-21-19(14-31)25(32)30-24(29-21)18-11-26-15-27-12-18/h3-6,9-12,15H,7-8,13-14H2,1-2H3,(H,29,30,32). The average molecular weight is 457 g/mol. The molecule has 172 valence electrons. The van der Waals surface area contributed by atoms with Crippen LogP contribution in [0.3, 0.4) is 0 Å². The Kier molecular flexibility index (Phi) is 6.01. The van der Waals surface area contributed by atoms with E-state index in [1.165, 1.54) is 6.33 Å². The largest absolute Gasteiger partial charge is 0.493 e. The number of H-pyrrole nitrogens is 1. The number of benzene rings is 1. The first-order chi connectivity index (χ1) is 16.6. The smallest absolute Gasteiger partial charge is 0.255 e. The van der Waals surface area contributed by atoms with Gasteiger partial charge in [-0.15, -0.1) is 0 Å². The van der Waals surface area contributed by atoms with Crippen LogP contribution in [-0.4, -0.2) is 50.6 Å². The minimum absolute atomic E-state index is 0.115. The molecule has 9 heteroatoms. The topological polar surface area (TPSA) is 106 Å². The highest BCUT2D eigenvalue weighted by molar-refractivity contribution is 5.64. The van der Waals surface area contributed by atoms with Crippen molar-refractivity contribution in [1.29, 1.82) is 0 Å². The van der Waals surface area contributed by atoms with E-state index in [1.807, 2.05) is 30.5 Å². The molecule has 4 aromatic rings. The first-order valence-electron chi connectivity index (χ1n) is 10.9. The van der Waals surface area contributed by atoms with Crippen LogP contribution in [-0.2, 0) is 19.5 Å². The van der Waals surface area contributed by atoms with Crippen LogP contribution in [0.4, 0.5) is 0 Å². The zero-order chi connectivity index (χ0) is 23.5. The first-order valence-corrected chi connectivity index (χ1v) is 10.9. The van der Waals surface area contributed by atoms with Gasteiger partial charge in [0.2, 0.25) is 0 Å². The molecule has 0 spiro atoms. The number of methoxy groups -OCH3 is 2. The lowest BCUT2D eigenvalue weighted by molar-refractivity contribution is 0.241. The number of fused-ring (bicyclic) bond motifs is 1. The summed E-state index contributed by atoms with van der Waals surface area (Å²) in [6, 6.07) is 9.81. The van der Waals surface area contributed by atoms with Crippen molar-refractivity contribution in [2.75, 3.05) is 20.8 Å². The lowest BCUT2D eigenvalue weighted by Crippen LogP contribution is -2.35. The highest BCUT2D eigenvalue weighted by Crippen LogP contribution is 2.31. The van der Waals surface area contributed by atoms with E-state index in [-0.39, 0.29) is 5.56 Å². The van der Waals surface area contributed by atoms with Crippen LogP contribution in [0, 0.1) is 0 Å². The van der Waals surface area contributed by atoms with E-state index in [4.69, 9.17) is 9.47 Å². The summed E-state index contributed by atoms with van der Waals surface area (Å²) in [6.45, 7) is 2.05. The fraction of sp³-hybridized carbons (Fsp3) is 0.240. The average Bonchev–Trinajstić information content (AvgIpc) is 2.89. The van der Waals surface area contributed by atoms with Crippen LogP contribution >= 0.6 is 0 Å². The van der Waals surface area contributed by atoms with Gasteiger partial charge in [0.15, 0.2) is 11.5 Å². The summed E-state index contributed by atoms with van der Waals surface area (Å²) < 4.78 is 10.7. The Labute approximate surface area is 196 Å². The summed E-state index contributed by atoms with van der Waals surface area (Å²) in [4.78, 5) is 35.2. The third-order valence-electron chi connectivity index (χ3n) is 5.89. The molecular weight excluding hydrogens is 432 g/mol. The van der Waals surface area contributed by atoms with Crippen molar-refractivity contribution in [2.45, 2.75) is 19.5 Å². The van der Waals surface area contributed by atoms with E-state index in [0.717, 1.165) is 29.1 Å². The highest BCUT2D eigenvalue weighted by atomic mass is 16.5. The van der Waals surface area contributed by atoms with Gasteiger partial charge in [0.1, 0.15) is 12.2 Å². The van der Waals surface area contributed by atoms with Crippen LogP contribution in [0.25, 0.3) is 22.6 Å². The van der Waals surface area contributed by atoms with Crippen molar-refractivity contribution < 1.29 is 9.47 Å². The van der Waals surface area contributed by atoms with Crippen LogP contribution in [0.1, 0.15) is 16.8 Å². The van der Waals surface area contributed by atoms with Gasteiger partial charge in [0.25, 0.3) is 5.56 Å². The molecule has 1 N–H and O–H groups in total. The Morgan fingerprint density at radius 2 is 1.82 bits per heavy atom. The summed E-state index contributed by atoms with van der Waals surface area (Å²) in [7, 11) is 3.23. The van der Waals surface area contributed by atoms with Crippen LogP contribution in [0.2, 0.25) is 0 Å². The molecule has 0 unspecified atom stereocenters. The highest BCUT2D eigenvalue weighted by Gasteiger charge is 2.22. The van der Waals surface area contributed by atoms with Crippen LogP contribution in [0.5, 0.6) is 11.5 Å². The van der Waals surface area contributed by atoms with Gasteiger partial charge in [-0.1, -0.05) is 6.07 Å². The minimum atomic E-state index is -0.115. The number of aromatic amines is 1. The number of nitrogens with one attached hydrogen (secondary N) is 1. The van der Waals surface area contributed by atoms with E-state index in [2.05, 4.69) is 35.9 Å². The number of hydrogen-bond acceptors (Lipinski definition) is 8. The minimum Gasteiger partial charge on any atom is -0.493 e. The Bertz CT molecular complexity index is 1360. The number of ether oxygens (including phenoxy) is 2. The molecule has 0 bridgehead atoms. The lowest BCUT2D eigenvalue weighted by atomic mass is 10.1. The maximum Gasteiger partial charge on any atom is 0.255 e. The normalized spacial score (nSPS) is 13.4. The number of aromatic nitrogens is 5. The Hall–Kier alpha value is -4.11. The molecule has 0 saturated carbocycles. The van der Waals surface area contributed by atoms with Crippen molar-refractivity contribution in [3.63, 3.8) is 0 Å². The zero-order valence-corrected chi connectivity index (χ0v) is 19.0. The molecule has 1 aliphatic heterocycles. The maximum atomic E-state index is 12.8. The Morgan fingerprint density at radius 1 is 1.00 bits per heavy atom. The van der Waals surface area contributed by atoms with Crippen molar-refractivity contribution >= 4 is 0 Å². The lowest BCUT2D eigenvalue weighted by Gasteiger charge is -2.27.